The van der Waals surface area contributed by atoms with Crippen molar-refractivity contribution in [2.45, 2.75) is 45.6 Å². The molecule has 0 aromatic heterocycles. The second-order valence-electron chi connectivity index (χ2n) is 6.64. The fourth-order valence-corrected chi connectivity index (χ4v) is 3.10. The van der Waals surface area contributed by atoms with Gasteiger partial charge < -0.3 is 20.5 Å². The highest BCUT2D eigenvalue weighted by Crippen LogP contribution is 2.35. The van der Waals surface area contributed by atoms with Crippen LogP contribution >= 0.6 is 0 Å². The third kappa shape index (κ3) is 4.68. The molecule has 0 aliphatic carbocycles. The Bertz CT molecular complexity index is 588. The molecule has 0 aliphatic rings. The SMILES string of the molecule is CCCCC(=O)C(N)(c1ccc(B(O)O)cc1)[C@@H](C(=O)OC)C(C)C. The topological polar surface area (TPSA) is 110 Å². The molecular weight excluding hydrogens is 321 g/mol. The summed E-state index contributed by atoms with van der Waals surface area (Å²) < 4.78 is 4.91. The third-order valence-electron chi connectivity index (χ3n) is 4.52. The molecule has 1 rings (SSSR count). The molecule has 0 saturated carbocycles. The van der Waals surface area contributed by atoms with Crippen molar-refractivity contribution in [3.63, 3.8) is 0 Å². The van der Waals surface area contributed by atoms with Crippen LogP contribution in [0, 0.1) is 11.8 Å². The zero-order valence-corrected chi connectivity index (χ0v) is 15.4. The number of rotatable bonds is 9. The van der Waals surface area contributed by atoms with E-state index < -0.39 is 24.5 Å². The van der Waals surface area contributed by atoms with Crippen molar-refractivity contribution >= 4 is 24.3 Å². The van der Waals surface area contributed by atoms with Crippen LogP contribution in [0.15, 0.2) is 24.3 Å². The van der Waals surface area contributed by atoms with E-state index >= 15 is 0 Å². The van der Waals surface area contributed by atoms with Crippen LogP contribution in [0.4, 0.5) is 0 Å². The van der Waals surface area contributed by atoms with Crippen LogP contribution < -0.4 is 11.2 Å². The van der Waals surface area contributed by atoms with Crippen molar-refractivity contribution < 1.29 is 24.4 Å². The van der Waals surface area contributed by atoms with Gasteiger partial charge in [-0.15, -0.1) is 0 Å². The molecule has 0 bridgehead atoms. The van der Waals surface area contributed by atoms with Crippen LogP contribution in [0.2, 0.25) is 0 Å². The van der Waals surface area contributed by atoms with E-state index in [0.29, 0.717) is 12.0 Å². The Balaban J connectivity index is 3.44. The Morgan fingerprint density at radius 1 is 1.24 bits per heavy atom. The number of carbonyl (C=O) groups is 2. The number of methoxy groups -OCH3 is 1. The molecule has 4 N–H and O–H groups in total. The molecule has 138 valence electrons. The lowest BCUT2D eigenvalue weighted by molar-refractivity contribution is -0.153. The van der Waals surface area contributed by atoms with Gasteiger partial charge in [-0.2, -0.15) is 0 Å². The number of benzene rings is 1. The highest BCUT2D eigenvalue weighted by Gasteiger charge is 2.48. The van der Waals surface area contributed by atoms with Gasteiger partial charge >= 0.3 is 13.1 Å². The number of ketones is 1. The summed E-state index contributed by atoms with van der Waals surface area (Å²) in [5.74, 6) is -1.82. The molecule has 0 aliphatic heterocycles. The number of ether oxygens (including phenoxy) is 1. The second-order valence-corrected chi connectivity index (χ2v) is 6.64. The Hall–Kier alpha value is -1.70. The smallest absolute Gasteiger partial charge is 0.469 e. The van der Waals surface area contributed by atoms with Gasteiger partial charge in [0.15, 0.2) is 5.78 Å². The summed E-state index contributed by atoms with van der Waals surface area (Å²) in [5.41, 5.74) is 5.79. The number of hydrogen-bond donors (Lipinski definition) is 3. The van der Waals surface area contributed by atoms with Gasteiger partial charge in [0.2, 0.25) is 0 Å². The molecule has 1 unspecified atom stereocenters. The first-order valence-corrected chi connectivity index (χ1v) is 8.56. The van der Waals surface area contributed by atoms with E-state index in [4.69, 9.17) is 10.5 Å². The van der Waals surface area contributed by atoms with Crippen molar-refractivity contribution in [3.8, 4) is 0 Å². The van der Waals surface area contributed by atoms with E-state index in [9.17, 15) is 19.6 Å². The molecule has 0 amide bonds. The van der Waals surface area contributed by atoms with Crippen LogP contribution in [0.5, 0.6) is 0 Å². The van der Waals surface area contributed by atoms with Gasteiger partial charge in [0.05, 0.1) is 13.0 Å². The second kappa shape index (κ2) is 9.13. The molecule has 0 heterocycles. The Morgan fingerprint density at radius 3 is 2.20 bits per heavy atom. The van der Waals surface area contributed by atoms with E-state index in [1.807, 2.05) is 20.8 Å². The molecule has 0 spiro atoms. The maximum absolute atomic E-state index is 13.0. The largest absolute Gasteiger partial charge is 0.488 e. The summed E-state index contributed by atoms with van der Waals surface area (Å²) >= 11 is 0. The van der Waals surface area contributed by atoms with E-state index in [2.05, 4.69) is 0 Å². The van der Waals surface area contributed by atoms with E-state index in [-0.39, 0.29) is 23.6 Å². The van der Waals surface area contributed by atoms with E-state index in [0.717, 1.165) is 6.42 Å². The Labute approximate surface area is 149 Å². The van der Waals surface area contributed by atoms with Gasteiger partial charge in [-0.05, 0) is 23.4 Å². The van der Waals surface area contributed by atoms with Gasteiger partial charge in [0.25, 0.3) is 0 Å². The number of hydrogen-bond acceptors (Lipinski definition) is 6. The van der Waals surface area contributed by atoms with Crippen LogP contribution in [-0.4, -0.2) is 36.0 Å². The zero-order valence-electron chi connectivity index (χ0n) is 15.4. The predicted molar refractivity (Wildman–Crippen MR) is 97.0 cm³/mol. The quantitative estimate of drug-likeness (QED) is 0.448. The third-order valence-corrected chi connectivity index (χ3v) is 4.52. The lowest BCUT2D eigenvalue weighted by Crippen LogP contribution is -2.56. The maximum atomic E-state index is 13.0. The Morgan fingerprint density at radius 2 is 1.80 bits per heavy atom. The van der Waals surface area contributed by atoms with E-state index in [1.54, 1.807) is 12.1 Å². The minimum atomic E-state index is -1.61. The average Bonchev–Trinajstić information content (AvgIpc) is 2.58. The van der Waals surface area contributed by atoms with Crippen molar-refractivity contribution in [1.29, 1.82) is 0 Å². The number of Topliss-reactive ketones (excluding diaryl/α,β-unsaturated/α-hetero) is 1. The summed E-state index contributed by atoms with van der Waals surface area (Å²) in [6.45, 7) is 5.62. The molecule has 1 aromatic rings. The summed E-state index contributed by atoms with van der Waals surface area (Å²) in [6.07, 6.45) is 1.77. The highest BCUT2D eigenvalue weighted by atomic mass is 16.5. The van der Waals surface area contributed by atoms with Gasteiger partial charge in [0.1, 0.15) is 5.54 Å². The zero-order chi connectivity index (χ0) is 19.2. The summed E-state index contributed by atoms with van der Waals surface area (Å²) in [6, 6.07) is 6.11. The number of nitrogens with two attached hydrogens (primary N) is 1. The minimum Gasteiger partial charge on any atom is -0.469 e. The first-order chi connectivity index (χ1) is 11.7. The van der Waals surface area contributed by atoms with Crippen LogP contribution in [0.3, 0.4) is 0 Å². The summed E-state index contributed by atoms with van der Waals surface area (Å²) in [7, 11) is -0.335. The molecule has 0 saturated heterocycles. The maximum Gasteiger partial charge on any atom is 0.488 e. The van der Waals surface area contributed by atoms with Crippen LogP contribution in [0.1, 0.15) is 45.6 Å². The van der Waals surface area contributed by atoms with E-state index in [1.165, 1.54) is 19.2 Å². The van der Waals surface area contributed by atoms with Gasteiger partial charge in [0, 0.05) is 6.42 Å². The normalized spacial score (nSPS) is 14.7. The lowest BCUT2D eigenvalue weighted by Gasteiger charge is -2.37. The molecule has 25 heavy (non-hydrogen) atoms. The van der Waals surface area contributed by atoms with Gasteiger partial charge in [-0.1, -0.05) is 51.5 Å². The number of unbranched alkanes of at least 4 members (excludes halogenated alkanes) is 1. The van der Waals surface area contributed by atoms with Crippen LogP contribution in [-0.2, 0) is 19.9 Å². The molecule has 1 aromatic carbocycles. The number of esters is 1. The molecule has 0 fully saturated rings. The fraction of sp³-hybridized carbons (Fsp3) is 0.556. The average molecular weight is 349 g/mol. The lowest BCUT2D eigenvalue weighted by atomic mass is 9.69. The van der Waals surface area contributed by atoms with Crippen molar-refractivity contribution in [3.05, 3.63) is 29.8 Å². The molecule has 2 atom stereocenters. The molecular formula is C18H28BNO5. The van der Waals surface area contributed by atoms with Crippen molar-refractivity contribution in [1.82, 2.24) is 0 Å². The van der Waals surface area contributed by atoms with Crippen molar-refractivity contribution in [2.24, 2.45) is 17.6 Å². The first kappa shape index (κ1) is 21.3. The predicted octanol–water partition coefficient (Wildman–Crippen LogP) is 0.725. The Kier molecular flexibility index (Phi) is 7.79. The van der Waals surface area contributed by atoms with Crippen molar-refractivity contribution in [2.75, 3.05) is 7.11 Å². The molecule has 0 radical (unpaired) electrons. The fourth-order valence-electron chi connectivity index (χ4n) is 3.10. The summed E-state index contributed by atoms with van der Waals surface area (Å²) in [4.78, 5) is 25.4. The van der Waals surface area contributed by atoms with Gasteiger partial charge in [-0.25, -0.2) is 0 Å². The standard InChI is InChI=1S/C18H28BNO5/c1-5-6-7-15(21)18(20,16(12(2)3)17(22)25-4)13-8-10-14(11-9-13)19(23)24/h8-12,16,23-24H,5-7,20H2,1-4H3/t16-,18?/m1/s1. The number of carbonyl (C=O) groups excluding carboxylic acids is 2. The summed E-state index contributed by atoms with van der Waals surface area (Å²) in [5, 5.41) is 18.5. The first-order valence-electron chi connectivity index (χ1n) is 8.56. The van der Waals surface area contributed by atoms with Crippen LogP contribution in [0.25, 0.3) is 0 Å². The van der Waals surface area contributed by atoms with Gasteiger partial charge in [-0.3, -0.25) is 9.59 Å². The molecule has 7 heteroatoms. The minimum absolute atomic E-state index is 0.217. The highest BCUT2D eigenvalue weighted by molar-refractivity contribution is 6.58. The monoisotopic (exact) mass is 349 g/mol. The molecule has 6 nitrogen and oxygen atoms in total.